The van der Waals surface area contributed by atoms with Gasteiger partial charge in [0.2, 0.25) is 5.91 Å². The molecule has 1 saturated heterocycles. The molecule has 1 aromatic carbocycles. The van der Waals surface area contributed by atoms with Gasteiger partial charge < -0.3 is 10.2 Å². The highest BCUT2D eigenvalue weighted by Crippen LogP contribution is 2.34. The number of amides is 1. The molecule has 1 N–H and O–H groups in total. The van der Waals surface area contributed by atoms with Crippen molar-refractivity contribution in [2.24, 2.45) is 5.92 Å². The fraction of sp³-hybridized carbons (Fsp3) is 0.586. The van der Waals surface area contributed by atoms with Gasteiger partial charge in [-0.25, -0.2) is 8.78 Å². The molecule has 0 unspecified atom stereocenters. The van der Waals surface area contributed by atoms with Crippen molar-refractivity contribution in [3.05, 3.63) is 58.9 Å². The number of piperidine rings is 1. The normalized spacial score (nSPS) is 19.7. The highest BCUT2D eigenvalue weighted by atomic mass is 19.4. The number of rotatable bonds is 10. The Morgan fingerprint density at radius 1 is 1.12 bits per heavy atom. The summed E-state index contributed by atoms with van der Waals surface area (Å²) in [7, 11) is 0. The van der Waals surface area contributed by atoms with E-state index in [2.05, 4.69) is 21.3 Å². The Hall–Kier alpha value is -2.79. The summed E-state index contributed by atoms with van der Waals surface area (Å²) in [5.74, 6) is -2.45. The number of carbonyl (C=O) groups excluding carboxylic acids is 1. The first-order valence-electron chi connectivity index (χ1n) is 14.0. The van der Waals surface area contributed by atoms with Crippen molar-refractivity contribution in [1.82, 2.24) is 19.7 Å². The molecular formula is C29H36F5N5O. The van der Waals surface area contributed by atoms with E-state index in [1.165, 1.54) is 35.6 Å². The topological polar surface area (TPSA) is 51.7 Å². The van der Waals surface area contributed by atoms with Gasteiger partial charge in [0.1, 0.15) is 0 Å². The van der Waals surface area contributed by atoms with Crippen LogP contribution in [0.1, 0.15) is 48.1 Å². The first kappa shape index (κ1) is 28.7. The molecule has 1 aliphatic carbocycles. The van der Waals surface area contributed by atoms with Crippen LogP contribution in [-0.2, 0) is 30.5 Å². The van der Waals surface area contributed by atoms with E-state index in [4.69, 9.17) is 0 Å². The van der Waals surface area contributed by atoms with E-state index in [-0.39, 0.29) is 38.3 Å². The summed E-state index contributed by atoms with van der Waals surface area (Å²) in [5, 5.41) is 3.23. The number of benzene rings is 1. The summed E-state index contributed by atoms with van der Waals surface area (Å²) in [6.45, 7) is 2.59. The molecule has 0 radical (unpaired) electrons. The minimum absolute atomic E-state index is 0.0204. The summed E-state index contributed by atoms with van der Waals surface area (Å²) >= 11 is 0. The third kappa shape index (κ3) is 7.48. The van der Waals surface area contributed by atoms with E-state index in [9.17, 15) is 26.7 Å². The Morgan fingerprint density at radius 2 is 1.95 bits per heavy atom. The number of pyridine rings is 1. The summed E-state index contributed by atoms with van der Waals surface area (Å²) in [6, 6.07) is 8.11. The summed E-state index contributed by atoms with van der Waals surface area (Å²) in [5.41, 5.74) is 2.05. The minimum Gasteiger partial charge on any atom is -0.376 e. The van der Waals surface area contributed by atoms with Crippen molar-refractivity contribution in [3.63, 3.8) is 0 Å². The predicted molar refractivity (Wildman–Crippen MR) is 142 cm³/mol. The molecule has 218 valence electrons. The smallest absolute Gasteiger partial charge is 0.376 e. The van der Waals surface area contributed by atoms with E-state index >= 15 is 0 Å². The maximum absolute atomic E-state index is 13.9. The van der Waals surface area contributed by atoms with Gasteiger partial charge in [0.05, 0.1) is 30.9 Å². The largest absolute Gasteiger partial charge is 0.418 e. The zero-order chi connectivity index (χ0) is 28.3. The zero-order valence-corrected chi connectivity index (χ0v) is 22.5. The number of likely N-dealkylation sites (tertiary alicyclic amines) is 1. The van der Waals surface area contributed by atoms with Gasteiger partial charge in [-0.3, -0.25) is 19.6 Å². The van der Waals surface area contributed by atoms with Crippen LogP contribution in [0.5, 0.6) is 0 Å². The molecule has 2 aromatic rings. The number of aromatic nitrogens is 1. The Morgan fingerprint density at radius 3 is 2.70 bits per heavy atom. The van der Waals surface area contributed by atoms with E-state index < -0.39 is 30.1 Å². The molecule has 0 spiro atoms. The Labute approximate surface area is 231 Å². The number of anilines is 1. The molecule has 1 amide bonds. The predicted octanol–water partition coefficient (Wildman–Crippen LogP) is 5.04. The van der Waals surface area contributed by atoms with Crippen molar-refractivity contribution < 1.29 is 26.7 Å². The van der Waals surface area contributed by atoms with E-state index in [0.29, 0.717) is 13.0 Å². The van der Waals surface area contributed by atoms with Gasteiger partial charge >= 0.3 is 6.18 Å². The second kappa shape index (κ2) is 12.0. The van der Waals surface area contributed by atoms with Crippen molar-refractivity contribution in [3.8, 4) is 0 Å². The molecule has 3 aliphatic rings. The highest BCUT2D eigenvalue weighted by molar-refractivity contribution is 5.81. The maximum atomic E-state index is 13.9. The molecular weight excluding hydrogens is 529 g/mol. The van der Waals surface area contributed by atoms with Gasteiger partial charge in [-0.1, -0.05) is 12.1 Å². The third-order valence-electron chi connectivity index (χ3n) is 8.04. The van der Waals surface area contributed by atoms with Gasteiger partial charge in [-0.2, -0.15) is 13.2 Å². The SMILES string of the molecule is O=C(CNc1cccc2c1CN(CC1CC1)CC2)N(CCN1CCCC(F)(F)C1)Cc1ncccc1C(F)(F)F. The fourth-order valence-electron chi connectivity index (χ4n) is 5.70. The van der Waals surface area contributed by atoms with Gasteiger partial charge in [0, 0.05) is 51.0 Å². The molecule has 2 aliphatic heterocycles. The molecule has 0 bridgehead atoms. The lowest BCUT2D eigenvalue weighted by Crippen LogP contribution is -2.47. The lowest BCUT2D eigenvalue weighted by atomic mass is 9.97. The van der Waals surface area contributed by atoms with Crippen molar-refractivity contribution in [2.75, 3.05) is 51.1 Å². The summed E-state index contributed by atoms with van der Waals surface area (Å²) < 4.78 is 68.9. The number of nitrogens with zero attached hydrogens (tertiary/aromatic N) is 4. The second-order valence-corrected chi connectivity index (χ2v) is 11.3. The molecule has 11 heteroatoms. The van der Waals surface area contributed by atoms with Crippen LogP contribution in [0.3, 0.4) is 0 Å². The van der Waals surface area contributed by atoms with Gasteiger partial charge in [0.25, 0.3) is 5.92 Å². The quantitative estimate of drug-likeness (QED) is 0.409. The number of alkyl halides is 5. The standard InChI is InChI=1S/C29H36F5N5O/c30-28(31)10-3-12-37(20-28)14-15-39(19-26-24(29(32,33)34)5-2-11-35-26)27(40)16-36-25-6-1-4-22-9-13-38(18-23(22)25)17-21-7-8-21/h1-2,4-6,11,21,36H,3,7-10,12-20H2. The Balaban J connectivity index is 1.29. The number of carbonyl (C=O) groups is 1. The average molecular weight is 566 g/mol. The minimum atomic E-state index is -4.62. The number of fused-ring (bicyclic) bond motifs is 1. The fourth-order valence-corrected chi connectivity index (χ4v) is 5.70. The maximum Gasteiger partial charge on any atom is 0.418 e. The van der Waals surface area contributed by atoms with E-state index in [0.717, 1.165) is 49.3 Å². The van der Waals surface area contributed by atoms with Crippen LogP contribution in [0.15, 0.2) is 36.5 Å². The van der Waals surface area contributed by atoms with Crippen LogP contribution in [0.2, 0.25) is 0 Å². The third-order valence-corrected chi connectivity index (χ3v) is 8.04. The van der Waals surface area contributed by atoms with E-state index in [1.807, 2.05) is 12.1 Å². The Kier molecular flexibility index (Phi) is 8.61. The first-order valence-corrected chi connectivity index (χ1v) is 14.0. The van der Waals surface area contributed by atoms with Crippen LogP contribution < -0.4 is 5.32 Å². The van der Waals surface area contributed by atoms with Crippen LogP contribution in [-0.4, -0.2) is 77.3 Å². The number of hydrogen-bond acceptors (Lipinski definition) is 5. The van der Waals surface area contributed by atoms with Crippen molar-refractivity contribution in [1.29, 1.82) is 0 Å². The van der Waals surface area contributed by atoms with Crippen molar-refractivity contribution in [2.45, 2.75) is 57.3 Å². The molecule has 5 rings (SSSR count). The van der Waals surface area contributed by atoms with Crippen molar-refractivity contribution >= 4 is 11.6 Å². The molecule has 0 atom stereocenters. The Bertz CT molecular complexity index is 1190. The summed E-state index contributed by atoms with van der Waals surface area (Å²) in [4.78, 5) is 22.7. The second-order valence-electron chi connectivity index (χ2n) is 11.3. The van der Waals surface area contributed by atoms with Gasteiger partial charge in [-0.15, -0.1) is 0 Å². The van der Waals surface area contributed by atoms with Crippen LogP contribution in [0, 0.1) is 5.92 Å². The van der Waals surface area contributed by atoms with Crippen LogP contribution >= 0.6 is 0 Å². The van der Waals surface area contributed by atoms with Gasteiger partial charge in [0.15, 0.2) is 0 Å². The first-order chi connectivity index (χ1) is 19.1. The number of halogens is 5. The molecule has 1 saturated carbocycles. The lowest BCUT2D eigenvalue weighted by Gasteiger charge is -2.34. The zero-order valence-electron chi connectivity index (χ0n) is 22.5. The molecule has 6 nitrogen and oxygen atoms in total. The molecule has 2 fully saturated rings. The van der Waals surface area contributed by atoms with E-state index in [1.54, 1.807) is 4.90 Å². The van der Waals surface area contributed by atoms with Gasteiger partial charge in [-0.05, 0) is 67.5 Å². The molecule has 1 aromatic heterocycles. The van der Waals surface area contributed by atoms with Crippen LogP contribution in [0.25, 0.3) is 0 Å². The van der Waals surface area contributed by atoms with Crippen LogP contribution in [0.4, 0.5) is 27.6 Å². The monoisotopic (exact) mass is 565 g/mol. The summed E-state index contributed by atoms with van der Waals surface area (Å²) in [6.07, 6.45) is 0.263. The molecule has 3 heterocycles. The average Bonchev–Trinajstić information content (AvgIpc) is 3.73. The highest BCUT2D eigenvalue weighted by Gasteiger charge is 2.36. The number of nitrogens with one attached hydrogen (secondary N) is 1. The number of hydrogen-bond donors (Lipinski definition) is 1. The molecule has 40 heavy (non-hydrogen) atoms. The lowest BCUT2D eigenvalue weighted by molar-refractivity contribution is -0.140.